The summed E-state index contributed by atoms with van der Waals surface area (Å²) in [6.45, 7) is 5.41. The van der Waals surface area contributed by atoms with E-state index >= 15 is 0 Å². The number of rotatable bonds is 4. The summed E-state index contributed by atoms with van der Waals surface area (Å²) in [5.41, 5.74) is 1.01. The van der Waals surface area contributed by atoms with Crippen LogP contribution in [0.5, 0.6) is 0 Å². The zero-order chi connectivity index (χ0) is 17.1. The number of benzene rings is 1. The van der Waals surface area contributed by atoms with Gasteiger partial charge in [0.05, 0.1) is 10.4 Å². The molecule has 0 fully saturated rings. The van der Waals surface area contributed by atoms with Crippen molar-refractivity contribution in [3.63, 3.8) is 0 Å². The lowest BCUT2D eigenvalue weighted by molar-refractivity contribution is 0.235. The summed E-state index contributed by atoms with van der Waals surface area (Å²) in [5.74, 6) is 0. The normalized spacial score (nSPS) is 11.8. The summed E-state index contributed by atoms with van der Waals surface area (Å²) in [4.78, 5) is 16.0. The van der Waals surface area contributed by atoms with Gasteiger partial charge in [0.1, 0.15) is 0 Å². The summed E-state index contributed by atoms with van der Waals surface area (Å²) < 4.78 is 26.4. The maximum absolute atomic E-state index is 12.2. The van der Waals surface area contributed by atoms with Crippen molar-refractivity contribution in [1.82, 2.24) is 15.0 Å². The Bertz CT molecular complexity index is 785. The number of aryl methyl sites for hydroxylation is 1. The van der Waals surface area contributed by atoms with Gasteiger partial charge in [0.25, 0.3) is 10.0 Å². The van der Waals surface area contributed by atoms with Crippen LogP contribution in [0.4, 0.5) is 4.79 Å². The summed E-state index contributed by atoms with van der Waals surface area (Å²) >= 11 is 0. The second-order valence-corrected chi connectivity index (χ2v) is 7.42. The largest absolute Gasteiger partial charge is 0.329 e. The van der Waals surface area contributed by atoms with E-state index in [1.54, 1.807) is 50.5 Å². The van der Waals surface area contributed by atoms with Crippen LogP contribution in [-0.2, 0) is 15.6 Å². The Morgan fingerprint density at radius 3 is 2.17 bits per heavy atom. The van der Waals surface area contributed by atoms with E-state index in [4.69, 9.17) is 0 Å². The number of urea groups is 1. The van der Waals surface area contributed by atoms with Crippen molar-refractivity contribution in [2.24, 2.45) is 0 Å². The smallest absolute Gasteiger partial charge is 0.328 e. The molecule has 0 aliphatic heterocycles. The summed E-state index contributed by atoms with van der Waals surface area (Å²) in [6.07, 6.45) is 3.22. The molecule has 1 heterocycles. The maximum atomic E-state index is 12.2. The number of nitrogens with one attached hydrogen (secondary N) is 2. The molecular formula is C16H19N3O3S. The SMILES string of the molecule is Cc1ccc(S(=O)(=O)NC(=O)NC(C)(C)c2ccncc2)cc1. The lowest BCUT2D eigenvalue weighted by Gasteiger charge is -2.26. The van der Waals surface area contributed by atoms with Crippen molar-refractivity contribution in [3.05, 3.63) is 59.9 Å². The van der Waals surface area contributed by atoms with Gasteiger partial charge in [-0.2, -0.15) is 0 Å². The Kier molecular flexibility index (Phi) is 4.70. The third-order valence-corrected chi connectivity index (χ3v) is 4.73. The van der Waals surface area contributed by atoms with Gasteiger partial charge in [0, 0.05) is 12.4 Å². The number of nitrogens with zero attached hydrogens (tertiary/aromatic N) is 1. The average molecular weight is 333 g/mol. The van der Waals surface area contributed by atoms with Gasteiger partial charge in [-0.05, 0) is 50.6 Å². The van der Waals surface area contributed by atoms with Crippen LogP contribution in [-0.4, -0.2) is 19.4 Å². The van der Waals surface area contributed by atoms with E-state index in [0.717, 1.165) is 11.1 Å². The van der Waals surface area contributed by atoms with E-state index in [1.807, 2.05) is 11.6 Å². The molecule has 2 N–H and O–H groups in total. The Morgan fingerprint density at radius 1 is 1.04 bits per heavy atom. The third-order valence-electron chi connectivity index (χ3n) is 3.39. The van der Waals surface area contributed by atoms with E-state index in [0.29, 0.717) is 0 Å². The second-order valence-electron chi connectivity index (χ2n) is 5.73. The molecular weight excluding hydrogens is 314 g/mol. The molecule has 0 saturated carbocycles. The number of pyridine rings is 1. The van der Waals surface area contributed by atoms with E-state index in [2.05, 4.69) is 10.3 Å². The van der Waals surface area contributed by atoms with Gasteiger partial charge in [-0.25, -0.2) is 17.9 Å². The number of carbonyl (C=O) groups excluding carboxylic acids is 1. The number of amides is 2. The van der Waals surface area contributed by atoms with E-state index in [-0.39, 0.29) is 4.90 Å². The van der Waals surface area contributed by atoms with Gasteiger partial charge in [-0.1, -0.05) is 17.7 Å². The quantitative estimate of drug-likeness (QED) is 0.899. The highest BCUT2D eigenvalue weighted by atomic mass is 32.2. The molecule has 0 unspecified atom stereocenters. The molecule has 1 aromatic carbocycles. The van der Waals surface area contributed by atoms with E-state index < -0.39 is 21.6 Å². The minimum absolute atomic E-state index is 0.0416. The Labute approximate surface area is 136 Å². The molecule has 6 nitrogen and oxygen atoms in total. The Balaban J connectivity index is 2.11. The molecule has 1 aromatic heterocycles. The number of hydrogen-bond acceptors (Lipinski definition) is 4. The monoisotopic (exact) mass is 333 g/mol. The van der Waals surface area contributed by atoms with Gasteiger partial charge < -0.3 is 5.32 Å². The fourth-order valence-corrected chi connectivity index (χ4v) is 2.96. The van der Waals surface area contributed by atoms with Crippen molar-refractivity contribution in [2.75, 3.05) is 0 Å². The molecule has 0 spiro atoms. The predicted octanol–water partition coefficient (Wildman–Crippen LogP) is 2.31. The number of sulfonamides is 1. The first kappa shape index (κ1) is 17.0. The Hall–Kier alpha value is -2.41. The summed E-state index contributed by atoms with van der Waals surface area (Å²) in [5, 5.41) is 2.65. The van der Waals surface area contributed by atoms with Crippen LogP contribution < -0.4 is 10.0 Å². The number of carbonyl (C=O) groups is 1. The van der Waals surface area contributed by atoms with Gasteiger partial charge in [-0.3, -0.25) is 4.98 Å². The van der Waals surface area contributed by atoms with Crippen LogP contribution >= 0.6 is 0 Å². The number of aromatic nitrogens is 1. The first-order valence-electron chi connectivity index (χ1n) is 7.03. The summed E-state index contributed by atoms with van der Waals surface area (Å²) in [6, 6.07) is 9.00. The van der Waals surface area contributed by atoms with Gasteiger partial charge in [-0.15, -0.1) is 0 Å². The third kappa shape index (κ3) is 4.29. The maximum Gasteiger partial charge on any atom is 0.329 e. The highest BCUT2D eigenvalue weighted by Crippen LogP contribution is 2.19. The van der Waals surface area contributed by atoms with Crippen molar-refractivity contribution in [3.8, 4) is 0 Å². The van der Waals surface area contributed by atoms with Crippen molar-refractivity contribution < 1.29 is 13.2 Å². The predicted molar refractivity (Wildman–Crippen MR) is 87.3 cm³/mol. The molecule has 2 amide bonds. The van der Waals surface area contributed by atoms with Crippen molar-refractivity contribution >= 4 is 16.1 Å². The standard InChI is InChI=1S/C16H19N3O3S/c1-12-4-6-14(7-5-12)23(21,22)19-15(20)18-16(2,3)13-8-10-17-11-9-13/h4-11H,1-3H3,(H2,18,19,20). The minimum Gasteiger partial charge on any atom is -0.328 e. The van der Waals surface area contributed by atoms with Gasteiger partial charge >= 0.3 is 6.03 Å². The molecule has 0 aliphatic carbocycles. The van der Waals surface area contributed by atoms with Crippen LogP contribution in [0.3, 0.4) is 0 Å². The van der Waals surface area contributed by atoms with E-state index in [1.165, 1.54) is 12.1 Å². The van der Waals surface area contributed by atoms with Gasteiger partial charge in [0.2, 0.25) is 0 Å². The first-order valence-corrected chi connectivity index (χ1v) is 8.51. The van der Waals surface area contributed by atoms with Crippen LogP contribution in [0.15, 0.2) is 53.7 Å². The highest BCUT2D eigenvalue weighted by molar-refractivity contribution is 7.90. The molecule has 2 aromatic rings. The molecule has 122 valence electrons. The zero-order valence-corrected chi connectivity index (χ0v) is 14.0. The van der Waals surface area contributed by atoms with Crippen LogP contribution in [0.1, 0.15) is 25.0 Å². The molecule has 0 radical (unpaired) electrons. The molecule has 2 rings (SSSR count). The van der Waals surface area contributed by atoms with E-state index in [9.17, 15) is 13.2 Å². The highest BCUT2D eigenvalue weighted by Gasteiger charge is 2.25. The molecule has 23 heavy (non-hydrogen) atoms. The topological polar surface area (TPSA) is 88.2 Å². The lowest BCUT2D eigenvalue weighted by Crippen LogP contribution is -2.48. The fraction of sp³-hybridized carbons (Fsp3) is 0.250. The van der Waals surface area contributed by atoms with Crippen LogP contribution in [0.25, 0.3) is 0 Å². The molecule has 0 saturated heterocycles. The average Bonchev–Trinajstić information content (AvgIpc) is 2.47. The number of hydrogen-bond donors (Lipinski definition) is 2. The van der Waals surface area contributed by atoms with Crippen LogP contribution in [0.2, 0.25) is 0 Å². The lowest BCUT2D eigenvalue weighted by atomic mass is 9.96. The minimum atomic E-state index is -3.91. The van der Waals surface area contributed by atoms with Crippen LogP contribution in [0, 0.1) is 6.92 Å². The molecule has 0 atom stereocenters. The molecule has 0 aliphatic rings. The second kappa shape index (κ2) is 6.37. The Morgan fingerprint density at radius 2 is 1.61 bits per heavy atom. The molecule has 7 heteroatoms. The van der Waals surface area contributed by atoms with Crippen molar-refractivity contribution in [1.29, 1.82) is 0 Å². The van der Waals surface area contributed by atoms with Gasteiger partial charge in [0.15, 0.2) is 0 Å². The van der Waals surface area contributed by atoms with Crippen molar-refractivity contribution in [2.45, 2.75) is 31.2 Å². The fourth-order valence-electron chi connectivity index (χ4n) is 2.05. The summed E-state index contributed by atoms with van der Waals surface area (Å²) in [7, 11) is -3.91. The first-order chi connectivity index (χ1) is 10.7. The zero-order valence-electron chi connectivity index (χ0n) is 13.2. The molecule has 0 bridgehead atoms.